The molecule has 1 heterocycles. The van der Waals surface area contributed by atoms with Gasteiger partial charge in [0.05, 0.1) is 17.9 Å². The Labute approximate surface area is 128 Å². The second-order valence-electron chi connectivity index (χ2n) is 5.10. The van der Waals surface area contributed by atoms with Crippen LogP contribution in [0.2, 0.25) is 0 Å². The maximum atomic E-state index is 13.6. The fourth-order valence-electron chi connectivity index (χ4n) is 2.26. The highest BCUT2D eigenvalue weighted by atomic mass is 19.1. The summed E-state index contributed by atoms with van der Waals surface area (Å²) in [7, 11) is 1.75. The summed E-state index contributed by atoms with van der Waals surface area (Å²) in [6.07, 6.45) is 7.43. The Bertz CT molecular complexity index is 658. The third-order valence-corrected chi connectivity index (χ3v) is 3.21. The number of benzene rings is 1. The van der Waals surface area contributed by atoms with E-state index < -0.39 is 17.7 Å². The molecule has 0 amide bonds. The number of aliphatic hydroxyl groups is 1. The van der Waals surface area contributed by atoms with Crippen molar-refractivity contribution in [3.05, 3.63) is 53.4 Å². The molecule has 6 heteroatoms. The molecule has 0 radical (unpaired) electrons. The first-order chi connectivity index (χ1) is 10.5. The van der Waals surface area contributed by atoms with Gasteiger partial charge in [0.2, 0.25) is 0 Å². The summed E-state index contributed by atoms with van der Waals surface area (Å²) in [5.41, 5.74) is 0.594. The highest BCUT2D eigenvalue weighted by Gasteiger charge is 2.19. The molecule has 0 bridgehead atoms. The second kappa shape index (κ2) is 7.16. The van der Waals surface area contributed by atoms with Crippen LogP contribution in [0.1, 0.15) is 17.2 Å². The van der Waals surface area contributed by atoms with Gasteiger partial charge in [-0.25, -0.2) is 8.78 Å². The number of halogens is 2. The maximum absolute atomic E-state index is 13.6. The van der Waals surface area contributed by atoms with Crippen LogP contribution in [0, 0.1) is 24.0 Å². The molecular weight excluding hydrogens is 288 g/mol. The van der Waals surface area contributed by atoms with Gasteiger partial charge < -0.3 is 5.11 Å². The Morgan fingerprint density at radius 1 is 1.41 bits per heavy atom. The van der Waals surface area contributed by atoms with Gasteiger partial charge in [0.1, 0.15) is 18.2 Å². The van der Waals surface area contributed by atoms with E-state index in [4.69, 9.17) is 6.42 Å². The molecule has 2 aromatic rings. The number of terminal acetylenes is 1. The Balaban J connectivity index is 1.99. The van der Waals surface area contributed by atoms with Crippen molar-refractivity contribution in [2.24, 2.45) is 0 Å². The second-order valence-corrected chi connectivity index (χ2v) is 5.10. The lowest BCUT2D eigenvalue weighted by Crippen LogP contribution is -2.25. The Kier molecular flexibility index (Phi) is 5.26. The zero-order valence-corrected chi connectivity index (χ0v) is 12.2. The zero-order valence-electron chi connectivity index (χ0n) is 12.2. The van der Waals surface area contributed by atoms with E-state index in [9.17, 15) is 13.9 Å². The van der Waals surface area contributed by atoms with Gasteiger partial charge in [0.25, 0.3) is 0 Å². The Hall–Kier alpha value is -2.23. The van der Waals surface area contributed by atoms with E-state index in [2.05, 4.69) is 11.0 Å². The molecule has 1 atom stereocenters. The molecular formula is C16H17F2N3O. The largest absolute Gasteiger partial charge is 0.387 e. The molecule has 0 saturated heterocycles. The van der Waals surface area contributed by atoms with Crippen LogP contribution in [0.25, 0.3) is 0 Å². The molecule has 116 valence electrons. The molecule has 0 aliphatic rings. The highest BCUT2D eigenvalue weighted by molar-refractivity contribution is 5.22. The molecule has 2 rings (SSSR count). The lowest BCUT2D eigenvalue weighted by atomic mass is 10.1. The monoisotopic (exact) mass is 305 g/mol. The predicted molar refractivity (Wildman–Crippen MR) is 78.7 cm³/mol. The van der Waals surface area contributed by atoms with Crippen molar-refractivity contribution in [3.63, 3.8) is 0 Å². The molecule has 22 heavy (non-hydrogen) atoms. The SMILES string of the molecule is C#CCn1cc(CN(C)CC(O)c2c(F)cccc2F)cn1. The summed E-state index contributed by atoms with van der Waals surface area (Å²) in [5.74, 6) is 0.985. The third-order valence-electron chi connectivity index (χ3n) is 3.21. The van der Waals surface area contributed by atoms with Crippen LogP contribution in [0.5, 0.6) is 0 Å². The molecule has 0 spiro atoms. The van der Waals surface area contributed by atoms with Crippen molar-refractivity contribution in [2.45, 2.75) is 19.2 Å². The van der Waals surface area contributed by atoms with Crippen molar-refractivity contribution >= 4 is 0 Å². The first-order valence-electron chi connectivity index (χ1n) is 6.76. The Morgan fingerprint density at radius 3 is 2.73 bits per heavy atom. The van der Waals surface area contributed by atoms with Crippen LogP contribution < -0.4 is 0 Å². The summed E-state index contributed by atoms with van der Waals surface area (Å²) < 4.78 is 28.9. The summed E-state index contributed by atoms with van der Waals surface area (Å²) in [6, 6.07) is 3.53. The minimum atomic E-state index is -1.24. The van der Waals surface area contributed by atoms with Crippen LogP contribution in [0.15, 0.2) is 30.6 Å². The normalized spacial score (nSPS) is 12.4. The van der Waals surface area contributed by atoms with E-state index in [-0.39, 0.29) is 12.1 Å². The quantitative estimate of drug-likeness (QED) is 0.830. The number of rotatable bonds is 6. The number of likely N-dealkylation sites (N-methyl/N-ethyl adjacent to an activating group) is 1. The molecule has 4 nitrogen and oxygen atoms in total. The lowest BCUT2D eigenvalue weighted by Gasteiger charge is -2.20. The van der Waals surface area contributed by atoms with E-state index in [1.54, 1.807) is 29.0 Å². The molecule has 0 fully saturated rings. The molecule has 1 aromatic heterocycles. The molecule has 0 aliphatic heterocycles. The van der Waals surface area contributed by atoms with E-state index in [1.165, 1.54) is 6.07 Å². The van der Waals surface area contributed by atoms with Crippen molar-refractivity contribution in [2.75, 3.05) is 13.6 Å². The first-order valence-corrected chi connectivity index (χ1v) is 6.76. The molecule has 0 aliphatic carbocycles. The number of hydrogen-bond acceptors (Lipinski definition) is 3. The third kappa shape index (κ3) is 3.91. The van der Waals surface area contributed by atoms with Crippen molar-refractivity contribution in [1.29, 1.82) is 0 Å². The Morgan fingerprint density at radius 2 is 2.09 bits per heavy atom. The minimum absolute atomic E-state index is 0.0954. The van der Waals surface area contributed by atoms with Gasteiger partial charge >= 0.3 is 0 Å². The number of aromatic nitrogens is 2. The van der Waals surface area contributed by atoms with E-state index in [1.807, 2.05) is 0 Å². The van der Waals surface area contributed by atoms with Crippen LogP contribution >= 0.6 is 0 Å². The van der Waals surface area contributed by atoms with Gasteiger partial charge in [-0.05, 0) is 19.2 Å². The van der Waals surface area contributed by atoms with Gasteiger partial charge in [0.15, 0.2) is 0 Å². The fraction of sp³-hybridized carbons (Fsp3) is 0.312. The van der Waals surface area contributed by atoms with Crippen molar-refractivity contribution in [3.8, 4) is 12.3 Å². The molecule has 1 aromatic carbocycles. The van der Waals surface area contributed by atoms with Crippen LogP contribution in [-0.4, -0.2) is 33.4 Å². The standard InChI is InChI=1S/C16H17F2N3O/c1-3-7-21-10-12(8-19-21)9-20(2)11-15(22)16-13(17)5-4-6-14(16)18/h1,4-6,8,10,15,22H,7,9,11H2,2H3. The summed E-state index contributed by atoms with van der Waals surface area (Å²) in [4.78, 5) is 1.76. The van der Waals surface area contributed by atoms with Gasteiger partial charge in [-0.2, -0.15) is 5.10 Å². The van der Waals surface area contributed by atoms with Crippen LogP contribution in [0.4, 0.5) is 8.78 Å². The van der Waals surface area contributed by atoms with Gasteiger partial charge in [-0.1, -0.05) is 12.0 Å². The summed E-state index contributed by atoms with van der Waals surface area (Å²) in [6.45, 7) is 0.961. The average molecular weight is 305 g/mol. The maximum Gasteiger partial charge on any atom is 0.131 e. The predicted octanol–water partition coefficient (Wildman–Crippen LogP) is 1.96. The number of hydrogen-bond donors (Lipinski definition) is 1. The molecule has 0 saturated carbocycles. The first kappa shape index (κ1) is 16.1. The molecule has 1 unspecified atom stereocenters. The van der Waals surface area contributed by atoms with Crippen LogP contribution in [0.3, 0.4) is 0 Å². The minimum Gasteiger partial charge on any atom is -0.387 e. The van der Waals surface area contributed by atoms with Crippen molar-refractivity contribution in [1.82, 2.24) is 14.7 Å². The van der Waals surface area contributed by atoms with Gasteiger partial charge in [-0.15, -0.1) is 6.42 Å². The zero-order chi connectivity index (χ0) is 16.1. The molecule has 1 N–H and O–H groups in total. The van der Waals surface area contributed by atoms with Gasteiger partial charge in [0, 0.05) is 24.8 Å². The van der Waals surface area contributed by atoms with Crippen molar-refractivity contribution < 1.29 is 13.9 Å². The van der Waals surface area contributed by atoms with E-state index >= 15 is 0 Å². The number of aliphatic hydroxyl groups excluding tert-OH is 1. The lowest BCUT2D eigenvalue weighted by molar-refractivity contribution is 0.117. The highest BCUT2D eigenvalue weighted by Crippen LogP contribution is 2.21. The average Bonchev–Trinajstić information content (AvgIpc) is 2.86. The van der Waals surface area contributed by atoms with Crippen LogP contribution in [-0.2, 0) is 13.1 Å². The topological polar surface area (TPSA) is 41.3 Å². The number of nitrogens with zero attached hydrogens (tertiary/aromatic N) is 3. The summed E-state index contributed by atoms with van der Waals surface area (Å²) >= 11 is 0. The smallest absolute Gasteiger partial charge is 0.131 e. The van der Waals surface area contributed by atoms with E-state index in [0.29, 0.717) is 13.1 Å². The fourth-order valence-corrected chi connectivity index (χ4v) is 2.26. The van der Waals surface area contributed by atoms with E-state index in [0.717, 1.165) is 17.7 Å². The van der Waals surface area contributed by atoms with Gasteiger partial charge in [-0.3, -0.25) is 9.58 Å². The summed E-state index contributed by atoms with van der Waals surface area (Å²) in [5, 5.41) is 14.1.